The molecule has 0 aromatic rings. The van der Waals surface area contributed by atoms with Crippen molar-refractivity contribution in [3.8, 4) is 0 Å². The number of hydrogen-bond acceptors (Lipinski definition) is 4. The molecule has 112 valence electrons. The Hall–Kier alpha value is -0.160. The Morgan fingerprint density at radius 1 is 0.722 bits per heavy atom. The van der Waals surface area contributed by atoms with Gasteiger partial charge in [0.1, 0.15) is 0 Å². The van der Waals surface area contributed by atoms with Crippen LogP contribution in [0.4, 0.5) is 0 Å². The van der Waals surface area contributed by atoms with Gasteiger partial charge in [0.05, 0.1) is 26.4 Å². The molecular weight excluding hydrogens is 232 g/mol. The molecule has 18 heavy (non-hydrogen) atoms. The molecule has 0 bridgehead atoms. The van der Waals surface area contributed by atoms with E-state index in [9.17, 15) is 0 Å². The van der Waals surface area contributed by atoms with E-state index < -0.39 is 0 Å². The summed E-state index contributed by atoms with van der Waals surface area (Å²) < 4.78 is 0. The van der Waals surface area contributed by atoms with Gasteiger partial charge in [0.15, 0.2) is 0 Å². The van der Waals surface area contributed by atoms with Gasteiger partial charge in [-0.25, -0.2) is 0 Å². The summed E-state index contributed by atoms with van der Waals surface area (Å²) in [6.45, 7) is 8.24. The van der Waals surface area contributed by atoms with Crippen LogP contribution in [0.15, 0.2) is 0 Å². The smallest absolute Gasteiger partial charge is 0.0509 e. The minimum absolute atomic E-state index is 0.0807. The first-order valence-electron chi connectivity index (χ1n) is 6.86. The quantitative estimate of drug-likeness (QED) is 0.536. The third-order valence-corrected chi connectivity index (χ3v) is 3.79. The maximum Gasteiger partial charge on any atom is 0.0509 e. The predicted octanol–water partition coefficient (Wildman–Crippen LogP) is 1.55. The molecule has 0 amide bonds. The molecule has 0 unspecified atom stereocenters. The minimum Gasteiger partial charge on any atom is -0.396 e. The van der Waals surface area contributed by atoms with Crippen molar-refractivity contribution in [2.45, 2.75) is 53.4 Å². The van der Waals surface area contributed by atoms with Crippen LogP contribution in [0.3, 0.4) is 0 Å². The summed E-state index contributed by atoms with van der Waals surface area (Å²) in [5, 5.41) is 35.1. The van der Waals surface area contributed by atoms with E-state index in [0.717, 1.165) is 25.7 Å². The second-order valence-electron chi connectivity index (χ2n) is 5.40. The van der Waals surface area contributed by atoms with Crippen molar-refractivity contribution in [2.75, 3.05) is 26.4 Å². The standard InChI is InChI=1S/2C7H16O2/c1-3-4-7(2,5-8)6-9;1-3-7(4-2,5-8)6-9/h2*8-9H,3-6H2,1-2H3. The van der Waals surface area contributed by atoms with Crippen LogP contribution < -0.4 is 0 Å². The molecule has 0 aliphatic rings. The van der Waals surface area contributed by atoms with E-state index in [4.69, 9.17) is 20.4 Å². The van der Waals surface area contributed by atoms with Gasteiger partial charge in [-0.05, 0) is 19.3 Å². The second-order valence-corrected chi connectivity index (χ2v) is 5.40. The van der Waals surface area contributed by atoms with Gasteiger partial charge in [-0.3, -0.25) is 0 Å². The number of aliphatic hydroxyl groups is 4. The Bertz CT molecular complexity index is 157. The van der Waals surface area contributed by atoms with Crippen molar-refractivity contribution < 1.29 is 20.4 Å². The Balaban J connectivity index is 0. The highest BCUT2D eigenvalue weighted by molar-refractivity contribution is 4.73. The van der Waals surface area contributed by atoms with Gasteiger partial charge in [-0.1, -0.05) is 34.1 Å². The largest absolute Gasteiger partial charge is 0.396 e. The molecule has 0 heterocycles. The van der Waals surface area contributed by atoms with E-state index in [1.54, 1.807) is 0 Å². The molecule has 4 nitrogen and oxygen atoms in total. The summed E-state index contributed by atoms with van der Waals surface area (Å²) in [6.07, 6.45) is 3.59. The molecule has 0 aliphatic heterocycles. The van der Waals surface area contributed by atoms with E-state index >= 15 is 0 Å². The molecule has 0 saturated carbocycles. The molecule has 0 spiro atoms. The van der Waals surface area contributed by atoms with Gasteiger partial charge in [-0.2, -0.15) is 0 Å². The molecule has 0 fully saturated rings. The van der Waals surface area contributed by atoms with E-state index in [1.165, 1.54) is 0 Å². The maximum atomic E-state index is 8.82. The molecule has 0 aliphatic carbocycles. The van der Waals surface area contributed by atoms with Crippen molar-refractivity contribution in [2.24, 2.45) is 10.8 Å². The van der Waals surface area contributed by atoms with E-state index in [1.807, 2.05) is 27.7 Å². The normalized spacial score (nSPS) is 12.0. The van der Waals surface area contributed by atoms with Gasteiger partial charge in [0.25, 0.3) is 0 Å². The Morgan fingerprint density at radius 2 is 1.11 bits per heavy atom. The SMILES string of the molecule is CCC(CC)(CO)CO.CCCC(C)(CO)CO. The lowest BCUT2D eigenvalue weighted by Gasteiger charge is -2.25. The highest BCUT2D eigenvalue weighted by atomic mass is 16.3. The summed E-state index contributed by atoms with van der Waals surface area (Å²) in [7, 11) is 0. The molecule has 0 aromatic carbocycles. The first kappa shape index (κ1) is 20.2. The lowest BCUT2D eigenvalue weighted by Crippen LogP contribution is -2.27. The summed E-state index contributed by atoms with van der Waals surface area (Å²) >= 11 is 0. The molecule has 0 radical (unpaired) electrons. The first-order valence-corrected chi connectivity index (χ1v) is 6.86. The zero-order chi connectivity index (χ0) is 14.7. The zero-order valence-electron chi connectivity index (χ0n) is 12.4. The van der Waals surface area contributed by atoms with Gasteiger partial charge < -0.3 is 20.4 Å². The van der Waals surface area contributed by atoms with Gasteiger partial charge in [0.2, 0.25) is 0 Å². The fraction of sp³-hybridized carbons (Fsp3) is 1.00. The highest BCUT2D eigenvalue weighted by Gasteiger charge is 2.23. The molecule has 0 saturated heterocycles. The van der Waals surface area contributed by atoms with Crippen LogP contribution in [0.25, 0.3) is 0 Å². The minimum atomic E-state index is -0.255. The summed E-state index contributed by atoms with van der Waals surface area (Å²) in [6, 6.07) is 0. The Morgan fingerprint density at radius 3 is 1.17 bits per heavy atom. The molecule has 0 atom stereocenters. The van der Waals surface area contributed by atoms with Crippen LogP contribution in [-0.2, 0) is 0 Å². The highest BCUT2D eigenvalue weighted by Crippen LogP contribution is 2.23. The lowest BCUT2D eigenvalue weighted by molar-refractivity contribution is 0.0480. The summed E-state index contributed by atoms with van der Waals surface area (Å²) in [4.78, 5) is 0. The number of rotatable bonds is 8. The Kier molecular flexibility index (Phi) is 12.0. The van der Waals surface area contributed by atoms with E-state index in [2.05, 4.69) is 0 Å². The van der Waals surface area contributed by atoms with Crippen molar-refractivity contribution in [3.63, 3.8) is 0 Å². The van der Waals surface area contributed by atoms with Gasteiger partial charge >= 0.3 is 0 Å². The van der Waals surface area contributed by atoms with Crippen LogP contribution in [0, 0.1) is 10.8 Å². The summed E-state index contributed by atoms with van der Waals surface area (Å²) in [5.41, 5.74) is -0.477. The van der Waals surface area contributed by atoms with Crippen LogP contribution in [0.5, 0.6) is 0 Å². The molecule has 4 heteroatoms. The van der Waals surface area contributed by atoms with Gasteiger partial charge in [-0.15, -0.1) is 0 Å². The number of aliphatic hydroxyl groups excluding tert-OH is 4. The van der Waals surface area contributed by atoms with Crippen molar-refractivity contribution in [1.29, 1.82) is 0 Å². The third-order valence-electron chi connectivity index (χ3n) is 3.79. The van der Waals surface area contributed by atoms with Crippen LogP contribution in [0.1, 0.15) is 53.4 Å². The number of hydrogen-bond donors (Lipinski definition) is 4. The van der Waals surface area contributed by atoms with Crippen molar-refractivity contribution in [3.05, 3.63) is 0 Å². The topological polar surface area (TPSA) is 80.9 Å². The fourth-order valence-electron chi connectivity index (χ4n) is 1.56. The average Bonchev–Trinajstić information content (AvgIpc) is 2.43. The van der Waals surface area contributed by atoms with Crippen molar-refractivity contribution in [1.82, 2.24) is 0 Å². The molecule has 4 N–H and O–H groups in total. The molecular formula is C14H32O4. The third kappa shape index (κ3) is 7.31. The van der Waals surface area contributed by atoms with Crippen molar-refractivity contribution >= 4 is 0 Å². The van der Waals surface area contributed by atoms with Crippen LogP contribution >= 0.6 is 0 Å². The second kappa shape index (κ2) is 10.7. The average molecular weight is 264 g/mol. The lowest BCUT2D eigenvalue weighted by atomic mass is 9.84. The molecule has 0 aromatic heterocycles. The maximum absolute atomic E-state index is 8.82. The zero-order valence-corrected chi connectivity index (χ0v) is 12.4. The van der Waals surface area contributed by atoms with Gasteiger partial charge in [0, 0.05) is 10.8 Å². The predicted molar refractivity (Wildman–Crippen MR) is 74.4 cm³/mol. The Labute approximate surface area is 112 Å². The molecule has 0 rings (SSSR count). The van der Waals surface area contributed by atoms with E-state index in [-0.39, 0.29) is 37.3 Å². The first-order chi connectivity index (χ1) is 8.42. The fourth-order valence-corrected chi connectivity index (χ4v) is 1.56. The van der Waals surface area contributed by atoms with E-state index in [0.29, 0.717) is 0 Å². The monoisotopic (exact) mass is 264 g/mol. The summed E-state index contributed by atoms with van der Waals surface area (Å²) in [5.74, 6) is 0. The van der Waals surface area contributed by atoms with Crippen LogP contribution in [-0.4, -0.2) is 46.9 Å². The van der Waals surface area contributed by atoms with Crippen LogP contribution in [0.2, 0.25) is 0 Å².